The number of aliphatic carboxylic acids is 1. The number of likely N-dealkylation sites (tertiary alicyclic amines) is 1. The fourth-order valence-corrected chi connectivity index (χ4v) is 5.66. The van der Waals surface area contributed by atoms with Gasteiger partial charge in [-0.05, 0) is 36.5 Å². The molecule has 1 saturated carbocycles. The van der Waals surface area contributed by atoms with Gasteiger partial charge in [-0.1, -0.05) is 39.2 Å². The molecule has 1 aliphatic carbocycles. The third-order valence-corrected chi connectivity index (χ3v) is 7.19. The van der Waals surface area contributed by atoms with E-state index in [0.717, 1.165) is 32.1 Å². The van der Waals surface area contributed by atoms with Crippen LogP contribution in [-0.4, -0.2) is 49.6 Å². The standard InChI is InChI=1S/C22H28N2O6/c1-11(2)22(21(29)30)17-16(18(23-22)12-8-9-14(25)15(26)10-12)19(27)24(20(17)28)13-6-4-3-5-7-13/h8-11,13,16-18,23,25-26H,3-7H2,1-2H3,(H,29,30). The maximum absolute atomic E-state index is 13.5. The van der Waals surface area contributed by atoms with Crippen molar-refractivity contribution in [1.82, 2.24) is 10.2 Å². The highest BCUT2D eigenvalue weighted by atomic mass is 16.4. The van der Waals surface area contributed by atoms with Gasteiger partial charge in [-0.15, -0.1) is 0 Å². The monoisotopic (exact) mass is 416 g/mol. The molecule has 4 atom stereocenters. The number of nitrogens with one attached hydrogen (secondary N) is 1. The van der Waals surface area contributed by atoms with E-state index >= 15 is 0 Å². The third-order valence-electron chi connectivity index (χ3n) is 7.19. The lowest BCUT2D eigenvalue weighted by atomic mass is 9.73. The van der Waals surface area contributed by atoms with Crippen LogP contribution in [0.4, 0.5) is 0 Å². The van der Waals surface area contributed by atoms with Crippen LogP contribution in [0.25, 0.3) is 0 Å². The van der Waals surface area contributed by atoms with Crippen LogP contribution in [0.3, 0.4) is 0 Å². The summed E-state index contributed by atoms with van der Waals surface area (Å²) in [5.74, 6) is -4.93. The summed E-state index contributed by atoms with van der Waals surface area (Å²) in [7, 11) is 0. The highest BCUT2D eigenvalue weighted by Crippen LogP contribution is 2.52. The van der Waals surface area contributed by atoms with E-state index in [0.29, 0.717) is 5.56 Å². The summed E-state index contributed by atoms with van der Waals surface area (Å²) in [4.78, 5) is 40.9. The van der Waals surface area contributed by atoms with Gasteiger partial charge in [0.1, 0.15) is 5.54 Å². The average molecular weight is 416 g/mol. The number of carbonyl (C=O) groups is 3. The lowest BCUT2D eigenvalue weighted by Gasteiger charge is -2.36. The van der Waals surface area contributed by atoms with E-state index < -0.39 is 41.2 Å². The number of carbonyl (C=O) groups excluding carboxylic acids is 2. The molecule has 0 radical (unpaired) electrons. The Hall–Kier alpha value is -2.61. The molecule has 4 N–H and O–H groups in total. The van der Waals surface area contributed by atoms with E-state index in [-0.39, 0.29) is 23.4 Å². The summed E-state index contributed by atoms with van der Waals surface area (Å²) in [5, 5.41) is 32.9. The molecule has 0 bridgehead atoms. The molecule has 162 valence electrons. The Morgan fingerprint density at radius 2 is 1.77 bits per heavy atom. The van der Waals surface area contributed by atoms with E-state index in [1.165, 1.54) is 17.0 Å². The summed E-state index contributed by atoms with van der Waals surface area (Å²) in [6, 6.07) is 3.23. The van der Waals surface area contributed by atoms with Crippen LogP contribution >= 0.6 is 0 Å². The van der Waals surface area contributed by atoms with Gasteiger partial charge >= 0.3 is 5.97 Å². The number of fused-ring (bicyclic) bond motifs is 1. The van der Waals surface area contributed by atoms with Crippen molar-refractivity contribution in [1.29, 1.82) is 0 Å². The zero-order valence-corrected chi connectivity index (χ0v) is 17.2. The molecule has 8 nitrogen and oxygen atoms in total. The van der Waals surface area contributed by atoms with Crippen LogP contribution in [0.1, 0.15) is 57.6 Å². The summed E-state index contributed by atoms with van der Waals surface area (Å²) in [6.07, 6.45) is 4.45. The Kier molecular flexibility index (Phi) is 5.00. The Morgan fingerprint density at radius 3 is 2.33 bits per heavy atom. The van der Waals surface area contributed by atoms with E-state index in [2.05, 4.69) is 5.32 Å². The van der Waals surface area contributed by atoms with Gasteiger partial charge in [0.2, 0.25) is 11.8 Å². The van der Waals surface area contributed by atoms with Crippen molar-refractivity contribution in [2.75, 3.05) is 0 Å². The number of phenolic OH excluding ortho intramolecular Hbond substituents is 2. The van der Waals surface area contributed by atoms with Crippen LogP contribution in [0, 0.1) is 17.8 Å². The Bertz CT molecular complexity index is 894. The minimum atomic E-state index is -1.60. The maximum Gasteiger partial charge on any atom is 0.325 e. The van der Waals surface area contributed by atoms with Crippen molar-refractivity contribution in [3.05, 3.63) is 23.8 Å². The number of imide groups is 1. The minimum Gasteiger partial charge on any atom is -0.504 e. The normalized spacial score (nSPS) is 32.1. The molecule has 4 rings (SSSR count). The van der Waals surface area contributed by atoms with Gasteiger partial charge in [0.05, 0.1) is 11.8 Å². The zero-order valence-electron chi connectivity index (χ0n) is 17.2. The topological polar surface area (TPSA) is 127 Å². The fraction of sp³-hybridized carbons (Fsp3) is 0.591. The Labute approximate surface area is 174 Å². The molecular weight excluding hydrogens is 388 g/mol. The number of rotatable bonds is 4. The first-order chi connectivity index (χ1) is 14.2. The smallest absolute Gasteiger partial charge is 0.325 e. The number of aromatic hydroxyl groups is 2. The lowest BCUT2D eigenvalue weighted by Crippen LogP contribution is -2.59. The van der Waals surface area contributed by atoms with Crippen molar-refractivity contribution in [2.24, 2.45) is 17.8 Å². The largest absolute Gasteiger partial charge is 0.504 e. The van der Waals surface area contributed by atoms with Gasteiger partial charge in [-0.2, -0.15) is 0 Å². The number of carboxylic acid groups (broad SMARTS) is 1. The second kappa shape index (κ2) is 7.27. The van der Waals surface area contributed by atoms with Gasteiger partial charge in [-0.25, -0.2) is 0 Å². The number of hydrogen-bond donors (Lipinski definition) is 4. The molecule has 4 unspecified atom stereocenters. The highest BCUT2D eigenvalue weighted by molar-refractivity contribution is 6.09. The summed E-state index contributed by atoms with van der Waals surface area (Å²) >= 11 is 0. The SMILES string of the molecule is CC(C)C1(C(=O)O)NC(c2ccc(O)c(O)c2)C2C(=O)N(C3CCCCC3)C(=O)C21. The molecule has 2 aliphatic heterocycles. The first-order valence-corrected chi connectivity index (χ1v) is 10.6. The van der Waals surface area contributed by atoms with Gasteiger partial charge in [0.25, 0.3) is 0 Å². The molecule has 1 aromatic carbocycles. The van der Waals surface area contributed by atoms with Crippen LogP contribution in [0.15, 0.2) is 18.2 Å². The number of carboxylic acids is 1. The average Bonchev–Trinajstić information content (AvgIpc) is 3.20. The molecule has 30 heavy (non-hydrogen) atoms. The van der Waals surface area contributed by atoms with Crippen molar-refractivity contribution >= 4 is 17.8 Å². The molecule has 2 saturated heterocycles. The second-order valence-electron chi connectivity index (χ2n) is 9.04. The molecule has 3 aliphatic rings. The molecule has 2 heterocycles. The number of phenols is 2. The van der Waals surface area contributed by atoms with Crippen molar-refractivity contribution < 1.29 is 29.7 Å². The fourth-order valence-electron chi connectivity index (χ4n) is 5.66. The van der Waals surface area contributed by atoms with Crippen molar-refractivity contribution in [2.45, 2.75) is 63.6 Å². The first kappa shape index (κ1) is 20.7. The van der Waals surface area contributed by atoms with Crippen LogP contribution in [0.2, 0.25) is 0 Å². The van der Waals surface area contributed by atoms with E-state index in [4.69, 9.17) is 0 Å². The Morgan fingerprint density at radius 1 is 1.10 bits per heavy atom. The van der Waals surface area contributed by atoms with Crippen LogP contribution in [-0.2, 0) is 14.4 Å². The van der Waals surface area contributed by atoms with Crippen LogP contribution in [0.5, 0.6) is 11.5 Å². The highest BCUT2D eigenvalue weighted by Gasteiger charge is 2.70. The van der Waals surface area contributed by atoms with Crippen LogP contribution < -0.4 is 5.32 Å². The van der Waals surface area contributed by atoms with Gasteiger partial charge < -0.3 is 15.3 Å². The lowest BCUT2D eigenvalue weighted by molar-refractivity contribution is -0.154. The molecular formula is C22H28N2O6. The van der Waals surface area contributed by atoms with E-state index in [9.17, 15) is 29.7 Å². The predicted octanol–water partition coefficient (Wildman–Crippen LogP) is 2.16. The molecule has 8 heteroatoms. The first-order valence-electron chi connectivity index (χ1n) is 10.6. The minimum absolute atomic E-state index is 0.183. The summed E-state index contributed by atoms with van der Waals surface area (Å²) < 4.78 is 0. The number of hydrogen-bond acceptors (Lipinski definition) is 6. The molecule has 0 aromatic heterocycles. The predicted molar refractivity (Wildman–Crippen MR) is 107 cm³/mol. The summed E-state index contributed by atoms with van der Waals surface area (Å²) in [6.45, 7) is 3.46. The van der Waals surface area contributed by atoms with E-state index in [1.54, 1.807) is 19.9 Å². The summed E-state index contributed by atoms with van der Waals surface area (Å²) in [5.41, 5.74) is -1.13. The second-order valence-corrected chi connectivity index (χ2v) is 9.04. The van der Waals surface area contributed by atoms with Gasteiger partial charge in [0.15, 0.2) is 11.5 Å². The van der Waals surface area contributed by atoms with E-state index in [1.807, 2.05) is 0 Å². The van der Waals surface area contributed by atoms with Gasteiger partial charge in [-0.3, -0.25) is 24.6 Å². The van der Waals surface area contributed by atoms with Gasteiger partial charge in [0, 0.05) is 12.1 Å². The zero-order chi connectivity index (χ0) is 21.8. The van der Waals surface area contributed by atoms with Crippen molar-refractivity contribution in [3.8, 4) is 11.5 Å². The molecule has 0 spiro atoms. The maximum atomic E-state index is 13.5. The third kappa shape index (κ3) is 2.80. The number of amides is 2. The van der Waals surface area contributed by atoms with Crippen molar-refractivity contribution in [3.63, 3.8) is 0 Å². The number of nitrogens with zero attached hydrogens (tertiary/aromatic N) is 1. The molecule has 2 amide bonds. The molecule has 1 aromatic rings. The Balaban J connectivity index is 1.82. The number of benzene rings is 1. The quantitative estimate of drug-likeness (QED) is 0.437. The molecule has 3 fully saturated rings.